The summed E-state index contributed by atoms with van der Waals surface area (Å²) in [5, 5.41) is 5.74. The molecule has 5 heteroatoms. The van der Waals surface area contributed by atoms with Gasteiger partial charge in [-0.15, -0.1) is 0 Å². The lowest BCUT2D eigenvalue weighted by molar-refractivity contribution is -0.115. The Bertz CT molecular complexity index is 614. The third kappa shape index (κ3) is 4.10. The molecule has 2 aromatic carbocycles. The number of carbonyl (C=O) groups is 2. The van der Waals surface area contributed by atoms with Gasteiger partial charge in [-0.2, -0.15) is 0 Å². The van der Waals surface area contributed by atoms with Crippen molar-refractivity contribution in [3.05, 3.63) is 65.2 Å². The molecule has 0 aliphatic heterocycles. The predicted molar refractivity (Wildman–Crippen MR) is 78.9 cm³/mol. The second-order valence-electron chi connectivity index (χ2n) is 4.11. The number of nitrogens with one attached hydrogen (secondary N) is 2. The van der Waals surface area contributed by atoms with Crippen LogP contribution in [0, 0.1) is 0 Å². The van der Waals surface area contributed by atoms with Crippen molar-refractivity contribution in [3.8, 4) is 0 Å². The van der Waals surface area contributed by atoms with Crippen molar-refractivity contribution in [1.29, 1.82) is 0 Å². The van der Waals surface area contributed by atoms with Crippen molar-refractivity contribution < 1.29 is 9.59 Å². The van der Waals surface area contributed by atoms with Gasteiger partial charge in [-0.3, -0.25) is 9.59 Å². The summed E-state index contributed by atoms with van der Waals surface area (Å²) in [6.45, 7) is -0.0970. The van der Waals surface area contributed by atoms with Gasteiger partial charge in [0.05, 0.1) is 6.54 Å². The van der Waals surface area contributed by atoms with Crippen molar-refractivity contribution in [2.24, 2.45) is 0 Å². The van der Waals surface area contributed by atoms with E-state index >= 15 is 0 Å². The Hall–Kier alpha value is -2.33. The van der Waals surface area contributed by atoms with Gasteiger partial charge in [0.1, 0.15) is 0 Å². The molecule has 2 amide bonds. The monoisotopic (exact) mass is 288 g/mol. The standard InChI is InChI=1S/C15H13ClN2O2/c16-12-7-4-8-13(9-12)18-14(19)10-17-15(20)11-5-2-1-3-6-11/h1-9H,10H2,(H,17,20)(H,18,19). The van der Waals surface area contributed by atoms with Crippen molar-refractivity contribution in [1.82, 2.24) is 5.32 Å². The minimum absolute atomic E-state index is 0.0970. The van der Waals surface area contributed by atoms with Gasteiger partial charge >= 0.3 is 0 Å². The number of amides is 2. The topological polar surface area (TPSA) is 58.2 Å². The second kappa shape index (κ2) is 6.73. The normalized spacial score (nSPS) is 9.85. The van der Waals surface area contributed by atoms with E-state index in [0.717, 1.165) is 0 Å². The summed E-state index contributed by atoms with van der Waals surface area (Å²) in [6, 6.07) is 15.5. The summed E-state index contributed by atoms with van der Waals surface area (Å²) >= 11 is 5.81. The highest BCUT2D eigenvalue weighted by Crippen LogP contribution is 2.14. The molecule has 2 aromatic rings. The number of halogens is 1. The van der Waals surface area contributed by atoms with Crippen LogP contribution < -0.4 is 10.6 Å². The quantitative estimate of drug-likeness (QED) is 0.909. The molecule has 0 radical (unpaired) electrons. The number of benzene rings is 2. The lowest BCUT2D eigenvalue weighted by Gasteiger charge is -2.07. The molecule has 4 nitrogen and oxygen atoms in total. The maximum Gasteiger partial charge on any atom is 0.251 e. The highest BCUT2D eigenvalue weighted by Gasteiger charge is 2.07. The molecule has 2 rings (SSSR count). The van der Waals surface area contributed by atoms with E-state index < -0.39 is 0 Å². The van der Waals surface area contributed by atoms with Gasteiger partial charge in [-0.05, 0) is 30.3 Å². The fourth-order valence-corrected chi connectivity index (χ4v) is 1.81. The molecule has 0 aromatic heterocycles. The van der Waals surface area contributed by atoms with Gasteiger partial charge in [0.15, 0.2) is 0 Å². The lowest BCUT2D eigenvalue weighted by atomic mass is 10.2. The van der Waals surface area contributed by atoms with Gasteiger partial charge in [0.25, 0.3) is 5.91 Å². The first-order chi connectivity index (χ1) is 9.65. The molecule has 0 bridgehead atoms. The van der Waals surface area contributed by atoms with E-state index in [9.17, 15) is 9.59 Å². The maximum atomic E-state index is 11.7. The van der Waals surface area contributed by atoms with E-state index in [1.807, 2.05) is 6.07 Å². The molecule has 102 valence electrons. The summed E-state index contributed by atoms with van der Waals surface area (Å²) in [6.07, 6.45) is 0. The molecule has 0 saturated carbocycles. The fraction of sp³-hybridized carbons (Fsp3) is 0.0667. The van der Waals surface area contributed by atoms with Gasteiger partial charge in [0, 0.05) is 16.3 Å². The molecule has 0 heterocycles. The Balaban J connectivity index is 1.85. The maximum absolute atomic E-state index is 11.7. The van der Waals surface area contributed by atoms with Crippen LogP contribution >= 0.6 is 11.6 Å². The number of rotatable bonds is 4. The van der Waals surface area contributed by atoms with Crippen molar-refractivity contribution >= 4 is 29.1 Å². The van der Waals surface area contributed by atoms with Crippen LogP contribution in [-0.2, 0) is 4.79 Å². The third-order valence-electron chi connectivity index (χ3n) is 2.55. The first kappa shape index (κ1) is 14.1. The zero-order valence-corrected chi connectivity index (χ0v) is 11.4. The molecule has 0 spiro atoms. The van der Waals surface area contributed by atoms with E-state index in [4.69, 9.17) is 11.6 Å². The van der Waals surface area contributed by atoms with Crippen LogP contribution in [0.25, 0.3) is 0 Å². The van der Waals surface area contributed by atoms with Gasteiger partial charge in [0.2, 0.25) is 5.91 Å². The van der Waals surface area contributed by atoms with E-state index in [1.165, 1.54) is 0 Å². The average Bonchev–Trinajstić information content (AvgIpc) is 2.46. The molecule has 20 heavy (non-hydrogen) atoms. The van der Waals surface area contributed by atoms with E-state index in [1.54, 1.807) is 48.5 Å². The summed E-state index contributed by atoms with van der Waals surface area (Å²) in [4.78, 5) is 23.4. The van der Waals surface area contributed by atoms with Crippen LogP contribution in [0.15, 0.2) is 54.6 Å². The van der Waals surface area contributed by atoms with Crippen LogP contribution in [0.4, 0.5) is 5.69 Å². The van der Waals surface area contributed by atoms with Gasteiger partial charge in [-0.25, -0.2) is 0 Å². The summed E-state index contributed by atoms with van der Waals surface area (Å²) in [7, 11) is 0. The smallest absolute Gasteiger partial charge is 0.251 e. The van der Waals surface area contributed by atoms with E-state index in [2.05, 4.69) is 10.6 Å². The molecule has 0 atom stereocenters. The minimum atomic E-state index is -0.309. The highest BCUT2D eigenvalue weighted by molar-refractivity contribution is 6.30. The summed E-state index contributed by atoms with van der Waals surface area (Å²) < 4.78 is 0. The van der Waals surface area contributed by atoms with E-state index in [-0.39, 0.29) is 18.4 Å². The Morgan fingerprint density at radius 1 is 1.00 bits per heavy atom. The van der Waals surface area contributed by atoms with Crippen molar-refractivity contribution in [2.45, 2.75) is 0 Å². The molecule has 0 unspecified atom stereocenters. The summed E-state index contributed by atoms with van der Waals surface area (Å²) in [5.41, 5.74) is 1.11. The van der Waals surface area contributed by atoms with Crippen LogP contribution in [0.3, 0.4) is 0 Å². The lowest BCUT2D eigenvalue weighted by Crippen LogP contribution is -2.32. The molecule has 0 aliphatic rings. The largest absolute Gasteiger partial charge is 0.343 e. The molecular formula is C15H13ClN2O2. The highest BCUT2D eigenvalue weighted by atomic mass is 35.5. The zero-order chi connectivity index (χ0) is 14.4. The fourth-order valence-electron chi connectivity index (χ4n) is 1.62. The van der Waals surface area contributed by atoms with Gasteiger partial charge in [-0.1, -0.05) is 35.9 Å². The van der Waals surface area contributed by atoms with Crippen molar-refractivity contribution in [2.75, 3.05) is 11.9 Å². The molecule has 0 aliphatic carbocycles. The molecular weight excluding hydrogens is 276 g/mol. The van der Waals surface area contributed by atoms with Crippen LogP contribution in [0.5, 0.6) is 0 Å². The third-order valence-corrected chi connectivity index (χ3v) is 2.79. The SMILES string of the molecule is O=C(CNC(=O)c1ccccc1)Nc1cccc(Cl)c1. The van der Waals surface area contributed by atoms with Crippen LogP contribution in [0.1, 0.15) is 10.4 Å². The van der Waals surface area contributed by atoms with E-state index in [0.29, 0.717) is 16.3 Å². The van der Waals surface area contributed by atoms with Crippen LogP contribution in [-0.4, -0.2) is 18.4 Å². The molecule has 0 saturated heterocycles. The number of hydrogen-bond acceptors (Lipinski definition) is 2. The predicted octanol–water partition coefficient (Wildman–Crippen LogP) is 2.71. The molecule has 2 N–H and O–H groups in total. The first-order valence-electron chi connectivity index (χ1n) is 6.04. The minimum Gasteiger partial charge on any atom is -0.343 e. The van der Waals surface area contributed by atoms with Gasteiger partial charge < -0.3 is 10.6 Å². The van der Waals surface area contributed by atoms with Crippen molar-refractivity contribution in [3.63, 3.8) is 0 Å². The Labute approximate surface area is 121 Å². The number of carbonyl (C=O) groups excluding carboxylic acids is 2. The number of anilines is 1. The molecule has 0 fully saturated rings. The average molecular weight is 289 g/mol. The zero-order valence-electron chi connectivity index (χ0n) is 10.6. The number of hydrogen-bond donors (Lipinski definition) is 2. The Morgan fingerprint density at radius 3 is 2.45 bits per heavy atom. The second-order valence-corrected chi connectivity index (χ2v) is 4.54. The Kier molecular flexibility index (Phi) is 4.74. The first-order valence-corrected chi connectivity index (χ1v) is 6.41. The summed E-state index contributed by atoms with van der Waals surface area (Å²) in [5.74, 6) is -0.594. The Morgan fingerprint density at radius 2 is 1.75 bits per heavy atom. The van der Waals surface area contributed by atoms with Crippen LogP contribution in [0.2, 0.25) is 5.02 Å².